The minimum atomic E-state index is 0.384. The van der Waals surface area contributed by atoms with Crippen LogP contribution in [0, 0.1) is 17.3 Å². The second-order valence-corrected chi connectivity index (χ2v) is 8.25. The summed E-state index contributed by atoms with van der Waals surface area (Å²) in [7, 11) is 0. The normalized spacial score (nSPS) is 33.9. The molecule has 1 saturated heterocycles. The molecule has 0 aromatic rings. The molecule has 2 atom stereocenters. The number of hydrogen-bond acceptors (Lipinski definition) is 2. The molecule has 0 radical (unpaired) electrons. The lowest BCUT2D eigenvalue weighted by Gasteiger charge is -2.48. The van der Waals surface area contributed by atoms with Crippen LogP contribution in [0.4, 0.5) is 0 Å². The molecule has 19 heavy (non-hydrogen) atoms. The van der Waals surface area contributed by atoms with Gasteiger partial charge >= 0.3 is 0 Å². The first-order valence-electron chi connectivity index (χ1n) is 8.50. The van der Waals surface area contributed by atoms with Crippen molar-refractivity contribution >= 4 is 0 Å². The van der Waals surface area contributed by atoms with Gasteiger partial charge in [-0.1, -0.05) is 27.7 Å². The Hall–Kier alpha value is -0.0800. The van der Waals surface area contributed by atoms with Crippen LogP contribution in [0.5, 0.6) is 0 Å². The molecule has 1 aliphatic heterocycles. The zero-order chi connectivity index (χ0) is 13.6. The average molecular weight is 264 g/mol. The SMILES string of the molecule is CCC1CNC(C(C)(C)C)CN1C(C1CC1)C1CC1. The van der Waals surface area contributed by atoms with Crippen LogP contribution >= 0.6 is 0 Å². The van der Waals surface area contributed by atoms with Crippen molar-refractivity contribution in [1.82, 2.24) is 10.2 Å². The summed E-state index contributed by atoms with van der Waals surface area (Å²) in [5, 5.41) is 3.82. The molecule has 0 bridgehead atoms. The molecule has 0 spiro atoms. The Kier molecular flexibility index (Phi) is 3.68. The average Bonchev–Trinajstić information content (AvgIpc) is 3.22. The monoisotopic (exact) mass is 264 g/mol. The zero-order valence-corrected chi connectivity index (χ0v) is 13.3. The summed E-state index contributed by atoms with van der Waals surface area (Å²) in [6.07, 6.45) is 7.31. The fourth-order valence-corrected chi connectivity index (χ4v) is 3.95. The van der Waals surface area contributed by atoms with Gasteiger partial charge in [0.15, 0.2) is 0 Å². The van der Waals surface area contributed by atoms with Crippen LogP contribution in [-0.4, -0.2) is 36.1 Å². The maximum absolute atomic E-state index is 3.82. The Morgan fingerprint density at radius 1 is 1.11 bits per heavy atom. The van der Waals surface area contributed by atoms with Gasteiger partial charge in [0.2, 0.25) is 0 Å². The van der Waals surface area contributed by atoms with Gasteiger partial charge in [-0.25, -0.2) is 0 Å². The molecule has 0 amide bonds. The highest BCUT2D eigenvalue weighted by molar-refractivity contribution is 5.03. The van der Waals surface area contributed by atoms with Crippen molar-refractivity contribution < 1.29 is 0 Å². The summed E-state index contributed by atoms with van der Waals surface area (Å²) in [6.45, 7) is 12.0. The quantitative estimate of drug-likeness (QED) is 0.838. The maximum atomic E-state index is 3.82. The van der Waals surface area contributed by atoms with E-state index in [1.54, 1.807) is 0 Å². The smallest absolute Gasteiger partial charge is 0.0244 e. The van der Waals surface area contributed by atoms with Crippen LogP contribution in [0.25, 0.3) is 0 Å². The fraction of sp³-hybridized carbons (Fsp3) is 1.00. The second-order valence-electron chi connectivity index (χ2n) is 8.25. The van der Waals surface area contributed by atoms with Crippen molar-refractivity contribution in [2.75, 3.05) is 13.1 Å². The standard InChI is InChI=1S/C17H32N2/c1-5-14-10-18-15(17(2,3)4)11-19(14)16(12-6-7-12)13-8-9-13/h12-16,18H,5-11H2,1-4H3. The van der Waals surface area contributed by atoms with Crippen molar-refractivity contribution in [2.24, 2.45) is 17.3 Å². The highest BCUT2D eigenvalue weighted by Gasteiger charge is 2.48. The van der Waals surface area contributed by atoms with Gasteiger partial charge in [-0.05, 0) is 49.4 Å². The van der Waals surface area contributed by atoms with E-state index in [1.165, 1.54) is 45.2 Å². The number of nitrogens with one attached hydrogen (secondary N) is 1. The van der Waals surface area contributed by atoms with Crippen molar-refractivity contribution in [2.45, 2.75) is 77.9 Å². The van der Waals surface area contributed by atoms with Crippen LogP contribution in [-0.2, 0) is 0 Å². The molecule has 3 fully saturated rings. The molecule has 2 nitrogen and oxygen atoms in total. The second kappa shape index (κ2) is 5.04. The van der Waals surface area contributed by atoms with Crippen molar-refractivity contribution in [3.8, 4) is 0 Å². The Bertz CT molecular complexity index is 300. The zero-order valence-electron chi connectivity index (χ0n) is 13.3. The van der Waals surface area contributed by atoms with E-state index in [-0.39, 0.29) is 0 Å². The first-order chi connectivity index (χ1) is 9.00. The molecule has 1 heterocycles. The van der Waals surface area contributed by atoms with Crippen molar-refractivity contribution in [3.05, 3.63) is 0 Å². The molecular weight excluding hydrogens is 232 g/mol. The van der Waals surface area contributed by atoms with Crippen LogP contribution in [0.2, 0.25) is 0 Å². The van der Waals surface area contributed by atoms with Crippen LogP contribution in [0.15, 0.2) is 0 Å². The summed E-state index contributed by atoms with van der Waals surface area (Å²) in [5.74, 6) is 2.08. The number of piperazine rings is 1. The lowest BCUT2D eigenvalue weighted by atomic mass is 9.83. The van der Waals surface area contributed by atoms with Gasteiger partial charge in [0, 0.05) is 31.2 Å². The Morgan fingerprint density at radius 3 is 2.11 bits per heavy atom. The lowest BCUT2D eigenvalue weighted by molar-refractivity contribution is 0.0306. The number of rotatable bonds is 4. The lowest BCUT2D eigenvalue weighted by Crippen LogP contribution is -2.63. The van der Waals surface area contributed by atoms with E-state index in [9.17, 15) is 0 Å². The van der Waals surface area contributed by atoms with Gasteiger partial charge in [-0.3, -0.25) is 4.90 Å². The molecule has 2 unspecified atom stereocenters. The third-order valence-corrected chi connectivity index (χ3v) is 5.57. The summed E-state index contributed by atoms with van der Waals surface area (Å²) < 4.78 is 0. The van der Waals surface area contributed by atoms with E-state index >= 15 is 0 Å². The Balaban J connectivity index is 1.74. The van der Waals surface area contributed by atoms with Crippen LogP contribution in [0.1, 0.15) is 59.8 Å². The van der Waals surface area contributed by atoms with Gasteiger partial charge in [0.05, 0.1) is 0 Å². The van der Waals surface area contributed by atoms with Crippen molar-refractivity contribution in [1.29, 1.82) is 0 Å². The van der Waals surface area contributed by atoms with E-state index < -0.39 is 0 Å². The molecule has 110 valence electrons. The number of nitrogens with zero attached hydrogens (tertiary/aromatic N) is 1. The minimum Gasteiger partial charge on any atom is -0.311 e. The largest absolute Gasteiger partial charge is 0.311 e. The molecule has 2 aliphatic carbocycles. The third-order valence-electron chi connectivity index (χ3n) is 5.57. The van der Waals surface area contributed by atoms with Crippen molar-refractivity contribution in [3.63, 3.8) is 0 Å². The molecule has 2 saturated carbocycles. The minimum absolute atomic E-state index is 0.384. The molecule has 0 aromatic heterocycles. The van der Waals surface area contributed by atoms with Gasteiger partial charge in [-0.15, -0.1) is 0 Å². The van der Waals surface area contributed by atoms with Gasteiger partial charge in [-0.2, -0.15) is 0 Å². The molecule has 3 rings (SSSR count). The van der Waals surface area contributed by atoms with Crippen LogP contribution < -0.4 is 5.32 Å². The maximum Gasteiger partial charge on any atom is 0.0244 e. The van der Waals surface area contributed by atoms with E-state index in [2.05, 4.69) is 37.9 Å². The van der Waals surface area contributed by atoms with E-state index in [1.807, 2.05) is 0 Å². The summed E-state index contributed by atoms with van der Waals surface area (Å²) in [4.78, 5) is 2.93. The van der Waals surface area contributed by atoms with Gasteiger partial charge in [0.25, 0.3) is 0 Å². The summed E-state index contributed by atoms with van der Waals surface area (Å²) in [5.41, 5.74) is 0.384. The van der Waals surface area contributed by atoms with Gasteiger partial charge in [0.1, 0.15) is 0 Å². The molecule has 2 heteroatoms. The highest BCUT2D eigenvalue weighted by Crippen LogP contribution is 2.48. The summed E-state index contributed by atoms with van der Waals surface area (Å²) in [6, 6.07) is 2.37. The molecule has 0 aromatic carbocycles. The molecular formula is C17H32N2. The highest BCUT2D eigenvalue weighted by atomic mass is 15.3. The molecule has 1 N–H and O–H groups in total. The van der Waals surface area contributed by atoms with Gasteiger partial charge < -0.3 is 5.32 Å². The topological polar surface area (TPSA) is 15.3 Å². The van der Waals surface area contributed by atoms with E-state index in [4.69, 9.17) is 0 Å². The predicted octanol–water partition coefficient (Wildman–Crippen LogP) is 3.27. The first kappa shape index (κ1) is 13.9. The third kappa shape index (κ3) is 3.00. The fourth-order valence-electron chi connectivity index (χ4n) is 3.95. The summed E-state index contributed by atoms with van der Waals surface area (Å²) >= 11 is 0. The number of hydrogen-bond donors (Lipinski definition) is 1. The predicted molar refractivity (Wildman–Crippen MR) is 81.3 cm³/mol. The Morgan fingerprint density at radius 2 is 1.68 bits per heavy atom. The first-order valence-corrected chi connectivity index (χ1v) is 8.50. The van der Waals surface area contributed by atoms with E-state index in [0.717, 1.165) is 23.9 Å². The molecule has 3 aliphatic rings. The van der Waals surface area contributed by atoms with Crippen LogP contribution in [0.3, 0.4) is 0 Å². The Labute approximate surface area is 119 Å². The van der Waals surface area contributed by atoms with E-state index in [0.29, 0.717) is 11.5 Å².